The summed E-state index contributed by atoms with van der Waals surface area (Å²) in [5.74, 6) is 0.179. The summed E-state index contributed by atoms with van der Waals surface area (Å²) in [5.41, 5.74) is 1.13. The van der Waals surface area contributed by atoms with Crippen molar-refractivity contribution in [2.24, 2.45) is 5.92 Å². The van der Waals surface area contributed by atoms with Crippen molar-refractivity contribution in [2.75, 3.05) is 18.0 Å². The molecule has 3 nitrogen and oxygen atoms in total. The standard InChI is InChI=1S/C14H19ClN2O/c1-10(2)14(18)16-12-6-7-17(9-12)13-5-3-4-11(15)8-13/h3-5,8,10,12H,6-7,9H2,1-2H3,(H,16,18). The van der Waals surface area contributed by atoms with Crippen molar-refractivity contribution in [2.45, 2.75) is 26.3 Å². The van der Waals surface area contributed by atoms with Crippen molar-refractivity contribution < 1.29 is 4.79 Å². The maximum Gasteiger partial charge on any atom is 0.222 e. The third-order valence-electron chi connectivity index (χ3n) is 3.23. The highest BCUT2D eigenvalue weighted by Gasteiger charge is 2.24. The van der Waals surface area contributed by atoms with Gasteiger partial charge in [-0.25, -0.2) is 0 Å². The normalized spacial score (nSPS) is 19.3. The molecule has 0 aliphatic carbocycles. The van der Waals surface area contributed by atoms with Crippen molar-refractivity contribution in [3.05, 3.63) is 29.3 Å². The summed E-state index contributed by atoms with van der Waals surface area (Å²) in [7, 11) is 0. The van der Waals surface area contributed by atoms with Gasteiger partial charge in [-0.3, -0.25) is 4.79 Å². The van der Waals surface area contributed by atoms with Crippen LogP contribution in [0.5, 0.6) is 0 Å². The van der Waals surface area contributed by atoms with Crippen LogP contribution in [0.25, 0.3) is 0 Å². The van der Waals surface area contributed by atoms with E-state index in [1.165, 1.54) is 0 Å². The van der Waals surface area contributed by atoms with Gasteiger partial charge in [-0.15, -0.1) is 0 Å². The quantitative estimate of drug-likeness (QED) is 0.912. The minimum absolute atomic E-state index is 0.0465. The predicted octanol–water partition coefficient (Wildman–Crippen LogP) is 2.69. The predicted molar refractivity (Wildman–Crippen MR) is 75.1 cm³/mol. The second kappa shape index (κ2) is 5.61. The lowest BCUT2D eigenvalue weighted by Gasteiger charge is -2.19. The number of hydrogen-bond acceptors (Lipinski definition) is 2. The van der Waals surface area contributed by atoms with E-state index in [2.05, 4.69) is 16.3 Å². The Hall–Kier alpha value is -1.22. The Balaban J connectivity index is 1.94. The highest BCUT2D eigenvalue weighted by Crippen LogP contribution is 2.23. The number of nitrogens with one attached hydrogen (secondary N) is 1. The summed E-state index contributed by atoms with van der Waals surface area (Å²) in [6.07, 6.45) is 0.991. The van der Waals surface area contributed by atoms with Crippen molar-refractivity contribution >= 4 is 23.2 Å². The van der Waals surface area contributed by atoms with Gasteiger partial charge in [-0.2, -0.15) is 0 Å². The second-order valence-electron chi connectivity index (χ2n) is 5.07. The fraction of sp³-hybridized carbons (Fsp3) is 0.500. The van der Waals surface area contributed by atoms with E-state index in [1.807, 2.05) is 32.0 Å². The molecular weight excluding hydrogens is 248 g/mol. The first-order valence-corrected chi connectivity index (χ1v) is 6.75. The molecule has 0 radical (unpaired) electrons. The molecule has 0 aromatic heterocycles. The number of hydrogen-bond donors (Lipinski definition) is 1. The van der Waals surface area contributed by atoms with Crippen molar-refractivity contribution in [1.29, 1.82) is 0 Å². The molecule has 1 saturated heterocycles. The lowest BCUT2D eigenvalue weighted by atomic mass is 10.2. The number of rotatable bonds is 3. The average Bonchev–Trinajstić information content (AvgIpc) is 2.77. The van der Waals surface area contributed by atoms with Gasteiger partial charge in [0.05, 0.1) is 0 Å². The van der Waals surface area contributed by atoms with E-state index in [0.29, 0.717) is 0 Å². The molecular formula is C14H19ClN2O. The van der Waals surface area contributed by atoms with E-state index in [4.69, 9.17) is 11.6 Å². The Bertz CT molecular complexity index is 434. The SMILES string of the molecule is CC(C)C(=O)NC1CCN(c2cccc(Cl)c2)C1. The lowest BCUT2D eigenvalue weighted by molar-refractivity contribution is -0.124. The summed E-state index contributed by atoms with van der Waals surface area (Å²) in [4.78, 5) is 13.9. The zero-order chi connectivity index (χ0) is 13.1. The molecule has 98 valence electrons. The molecule has 1 fully saturated rings. The summed E-state index contributed by atoms with van der Waals surface area (Å²) in [5, 5.41) is 3.83. The number of nitrogens with zero attached hydrogens (tertiary/aromatic N) is 1. The molecule has 1 amide bonds. The van der Waals surface area contributed by atoms with E-state index in [1.54, 1.807) is 0 Å². The van der Waals surface area contributed by atoms with Gasteiger partial charge in [0.25, 0.3) is 0 Å². The fourth-order valence-corrected chi connectivity index (χ4v) is 2.34. The molecule has 1 aromatic carbocycles. The number of carbonyl (C=O) groups excluding carboxylic acids is 1. The van der Waals surface area contributed by atoms with E-state index in [0.717, 1.165) is 30.2 Å². The van der Waals surface area contributed by atoms with Gasteiger partial charge in [0.2, 0.25) is 5.91 Å². The molecule has 1 N–H and O–H groups in total. The van der Waals surface area contributed by atoms with Gasteiger partial charge in [0, 0.05) is 35.8 Å². The third kappa shape index (κ3) is 3.16. The Morgan fingerprint density at radius 3 is 2.94 bits per heavy atom. The number of carbonyl (C=O) groups is 1. The average molecular weight is 267 g/mol. The second-order valence-corrected chi connectivity index (χ2v) is 5.51. The van der Waals surface area contributed by atoms with Crippen LogP contribution in [0.3, 0.4) is 0 Å². The van der Waals surface area contributed by atoms with Crippen LogP contribution in [0.2, 0.25) is 5.02 Å². The molecule has 1 heterocycles. The van der Waals surface area contributed by atoms with Crippen LogP contribution < -0.4 is 10.2 Å². The first kappa shape index (κ1) is 13.2. The monoisotopic (exact) mass is 266 g/mol. The third-order valence-corrected chi connectivity index (χ3v) is 3.47. The zero-order valence-corrected chi connectivity index (χ0v) is 11.6. The first-order valence-electron chi connectivity index (χ1n) is 6.37. The van der Waals surface area contributed by atoms with Crippen molar-refractivity contribution in [3.63, 3.8) is 0 Å². The van der Waals surface area contributed by atoms with Gasteiger partial charge < -0.3 is 10.2 Å². The number of anilines is 1. The minimum atomic E-state index is 0.0465. The maximum atomic E-state index is 11.6. The van der Waals surface area contributed by atoms with Crippen molar-refractivity contribution in [3.8, 4) is 0 Å². The topological polar surface area (TPSA) is 32.3 Å². The van der Waals surface area contributed by atoms with E-state index in [9.17, 15) is 4.79 Å². The minimum Gasteiger partial charge on any atom is -0.369 e. The van der Waals surface area contributed by atoms with Crippen LogP contribution in [-0.4, -0.2) is 25.0 Å². The fourth-order valence-electron chi connectivity index (χ4n) is 2.15. The molecule has 0 bridgehead atoms. The first-order chi connectivity index (χ1) is 8.56. The lowest BCUT2D eigenvalue weighted by Crippen LogP contribution is -2.39. The highest BCUT2D eigenvalue weighted by molar-refractivity contribution is 6.30. The Labute approximate surface area is 113 Å². The molecule has 0 saturated carbocycles. The van der Waals surface area contributed by atoms with Crippen LogP contribution >= 0.6 is 11.6 Å². The van der Waals surface area contributed by atoms with Gasteiger partial charge in [-0.05, 0) is 24.6 Å². The molecule has 1 unspecified atom stereocenters. The van der Waals surface area contributed by atoms with Crippen LogP contribution in [0.1, 0.15) is 20.3 Å². The van der Waals surface area contributed by atoms with Crippen LogP contribution in [0.4, 0.5) is 5.69 Å². The molecule has 4 heteroatoms. The Morgan fingerprint density at radius 2 is 2.28 bits per heavy atom. The summed E-state index contributed by atoms with van der Waals surface area (Å²) < 4.78 is 0. The van der Waals surface area contributed by atoms with Gasteiger partial charge in [-0.1, -0.05) is 31.5 Å². The molecule has 1 atom stereocenters. The maximum absolute atomic E-state index is 11.6. The Morgan fingerprint density at radius 1 is 1.50 bits per heavy atom. The van der Waals surface area contributed by atoms with Crippen LogP contribution in [0.15, 0.2) is 24.3 Å². The molecule has 18 heavy (non-hydrogen) atoms. The smallest absolute Gasteiger partial charge is 0.222 e. The van der Waals surface area contributed by atoms with E-state index >= 15 is 0 Å². The van der Waals surface area contributed by atoms with Crippen molar-refractivity contribution in [1.82, 2.24) is 5.32 Å². The van der Waals surface area contributed by atoms with Crippen LogP contribution in [-0.2, 0) is 4.79 Å². The van der Waals surface area contributed by atoms with Crippen LogP contribution in [0, 0.1) is 5.92 Å². The molecule has 1 aromatic rings. The number of amides is 1. The van der Waals surface area contributed by atoms with E-state index < -0.39 is 0 Å². The molecule has 2 rings (SSSR count). The zero-order valence-electron chi connectivity index (χ0n) is 10.8. The summed E-state index contributed by atoms with van der Waals surface area (Å²) in [6, 6.07) is 8.10. The highest BCUT2D eigenvalue weighted by atomic mass is 35.5. The molecule has 0 spiro atoms. The van der Waals surface area contributed by atoms with Gasteiger partial charge in [0.1, 0.15) is 0 Å². The largest absolute Gasteiger partial charge is 0.369 e. The summed E-state index contributed by atoms with van der Waals surface area (Å²) >= 11 is 5.99. The molecule has 1 aliphatic heterocycles. The summed E-state index contributed by atoms with van der Waals surface area (Å²) in [6.45, 7) is 5.65. The number of halogens is 1. The molecule has 1 aliphatic rings. The van der Waals surface area contributed by atoms with Gasteiger partial charge >= 0.3 is 0 Å². The van der Waals surface area contributed by atoms with E-state index in [-0.39, 0.29) is 17.9 Å². The van der Waals surface area contributed by atoms with Gasteiger partial charge in [0.15, 0.2) is 0 Å². The Kier molecular flexibility index (Phi) is 4.12. The number of benzene rings is 1.